The van der Waals surface area contributed by atoms with E-state index >= 15 is 0 Å². The quantitative estimate of drug-likeness (QED) is 0.319. The van der Waals surface area contributed by atoms with Gasteiger partial charge in [-0.05, 0) is 0 Å². The lowest BCUT2D eigenvalue weighted by Crippen LogP contribution is -2.24. The molecule has 0 aromatic carbocycles. The zero-order chi connectivity index (χ0) is 9.49. The molecule has 0 fully saturated rings. The molecule has 0 spiro atoms. The summed E-state index contributed by atoms with van der Waals surface area (Å²) in [5, 5.41) is 31.4. The first-order chi connectivity index (χ1) is 4.83. The summed E-state index contributed by atoms with van der Waals surface area (Å²) in [4.78, 5) is 9.25. The van der Waals surface area contributed by atoms with Gasteiger partial charge in [0.2, 0.25) is 0 Å². The zero-order valence-electron chi connectivity index (χ0n) is 6.19. The molecular formula is C6H12O5. The third-order valence-electron chi connectivity index (χ3n) is 0.649. The first-order valence-electron chi connectivity index (χ1n) is 2.86. The Morgan fingerprint density at radius 2 is 1.73 bits per heavy atom. The van der Waals surface area contributed by atoms with Crippen molar-refractivity contribution >= 4 is 5.97 Å². The Morgan fingerprint density at radius 3 is 1.73 bits per heavy atom. The van der Waals surface area contributed by atoms with Crippen LogP contribution in [0.3, 0.4) is 0 Å². The molecule has 0 saturated heterocycles. The van der Waals surface area contributed by atoms with Gasteiger partial charge in [-0.25, -0.2) is 4.79 Å². The summed E-state index contributed by atoms with van der Waals surface area (Å²) >= 11 is 0. The number of hydrogen-bond acceptors (Lipinski definition) is 4. The zero-order valence-corrected chi connectivity index (χ0v) is 6.19. The Balaban J connectivity index is 0. The first kappa shape index (κ1) is 12.7. The molecule has 0 aliphatic carbocycles. The Morgan fingerprint density at radius 1 is 1.55 bits per heavy atom. The number of hydrogen-bond donors (Lipinski definition) is 4. The van der Waals surface area contributed by atoms with Crippen LogP contribution in [0.25, 0.3) is 0 Å². The lowest BCUT2D eigenvalue weighted by Gasteiger charge is -2.08. The summed E-state index contributed by atoms with van der Waals surface area (Å²) < 4.78 is 0. The lowest BCUT2D eigenvalue weighted by atomic mass is 10.4. The van der Waals surface area contributed by atoms with Crippen LogP contribution in [-0.4, -0.2) is 32.4 Å². The molecule has 0 bridgehead atoms. The maximum absolute atomic E-state index is 9.25. The van der Waals surface area contributed by atoms with Crippen LogP contribution in [0.1, 0.15) is 13.3 Å². The van der Waals surface area contributed by atoms with E-state index in [9.17, 15) is 4.79 Å². The van der Waals surface area contributed by atoms with Crippen LogP contribution in [0, 0.1) is 0 Å². The van der Waals surface area contributed by atoms with Crippen molar-refractivity contribution in [1.29, 1.82) is 0 Å². The predicted molar refractivity (Wildman–Crippen MR) is 37.5 cm³/mol. The number of carboxylic acids is 1. The molecule has 0 amide bonds. The topological polar surface area (TPSA) is 98.0 Å². The average Bonchev–Trinajstić information content (AvgIpc) is 1.88. The van der Waals surface area contributed by atoms with E-state index in [0.29, 0.717) is 0 Å². The standard InChI is InChI=1S/C3H8O3.C3H4O2/c1-2-3(4,5)6;1-2-3(4)5/h4-6H,2H2,1H3;2H,1H2,(H,4,5). The van der Waals surface area contributed by atoms with Crippen molar-refractivity contribution in [2.45, 2.75) is 19.3 Å². The second-order valence-corrected chi connectivity index (χ2v) is 1.67. The van der Waals surface area contributed by atoms with E-state index in [1.807, 2.05) is 0 Å². The summed E-state index contributed by atoms with van der Waals surface area (Å²) in [5.74, 6) is -3.44. The van der Waals surface area contributed by atoms with E-state index in [0.717, 1.165) is 6.08 Å². The van der Waals surface area contributed by atoms with Crippen molar-refractivity contribution in [2.75, 3.05) is 0 Å². The minimum atomic E-state index is -2.46. The van der Waals surface area contributed by atoms with Crippen LogP contribution < -0.4 is 0 Å². The van der Waals surface area contributed by atoms with E-state index in [2.05, 4.69) is 6.58 Å². The summed E-state index contributed by atoms with van der Waals surface area (Å²) in [6.45, 7) is 4.42. The SMILES string of the molecule is C=CC(=O)O.CCC(O)(O)O. The molecule has 66 valence electrons. The summed E-state index contributed by atoms with van der Waals surface area (Å²) in [6.07, 6.45) is 0.771. The Bertz CT molecular complexity index is 123. The Hall–Kier alpha value is -0.910. The average molecular weight is 164 g/mol. The number of carbonyl (C=O) groups is 1. The molecule has 5 nitrogen and oxygen atoms in total. The minimum Gasteiger partial charge on any atom is -0.478 e. The molecule has 4 N–H and O–H groups in total. The normalized spacial score (nSPS) is 9.45. The number of aliphatic hydroxyl groups is 3. The number of carboxylic acid groups (broad SMARTS) is 1. The molecule has 0 rings (SSSR count). The van der Waals surface area contributed by atoms with Crippen molar-refractivity contribution in [1.82, 2.24) is 0 Å². The molecule has 0 aromatic heterocycles. The second kappa shape index (κ2) is 5.84. The van der Waals surface area contributed by atoms with Crippen molar-refractivity contribution in [3.8, 4) is 0 Å². The molecule has 0 aliphatic rings. The van der Waals surface area contributed by atoms with Crippen molar-refractivity contribution in [3.63, 3.8) is 0 Å². The van der Waals surface area contributed by atoms with Crippen LogP contribution in [0.2, 0.25) is 0 Å². The van der Waals surface area contributed by atoms with Crippen LogP contribution >= 0.6 is 0 Å². The molecule has 0 heterocycles. The highest BCUT2D eigenvalue weighted by molar-refractivity contribution is 5.78. The van der Waals surface area contributed by atoms with Crippen LogP contribution in [0.15, 0.2) is 12.7 Å². The van der Waals surface area contributed by atoms with Crippen LogP contribution in [0.5, 0.6) is 0 Å². The van der Waals surface area contributed by atoms with Gasteiger partial charge in [0, 0.05) is 12.5 Å². The molecule has 0 aliphatic heterocycles. The molecule has 0 saturated carbocycles. The monoisotopic (exact) mass is 164 g/mol. The highest BCUT2D eigenvalue weighted by Gasteiger charge is 2.11. The predicted octanol–water partition coefficient (Wildman–Crippen LogP) is -0.716. The third kappa shape index (κ3) is 27.3. The van der Waals surface area contributed by atoms with Crippen LogP contribution in [-0.2, 0) is 4.79 Å². The highest BCUT2D eigenvalue weighted by atomic mass is 16.7. The molecule has 0 unspecified atom stereocenters. The fourth-order valence-corrected chi connectivity index (χ4v) is 0. The van der Waals surface area contributed by atoms with Crippen molar-refractivity contribution in [2.24, 2.45) is 0 Å². The third-order valence-corrected chi connectivity index (χ3v) is 0.649. The summed E-state index contributed by atoms with van der Waals surface area (Å²) in [5.41, 5.74) is 0. The largest absolute Gasteiger partial charge is 0.478 e. The molecule has 0 radical (unpaired) electrons. The van der Waals surface area contributed by atoms with E-state index in [-0.39, 0.29) is 6.42 Å². The van der Waals surface area contributed by atoms with Gasteiger partial charge in [-0.2, -0.15) is 0 Å². The van der Waals surface area contributed by atoms with Gasteiger partial charge >= 0.3 is 5.97 Å². The summed E-state index contributed by atoms with van der Waals surface area (Å²) in [6, 6.07) is 0. The smallest absolute Gasteiger partial charge is 0.327 e. The van der Waals surface area contributed by atoms with E-state index in [4.69, 9.17) is 20.4 Å². The van der Waals surface area contributed by atoms with Gasteiger partial charge in [0.15, 0.2) is 0 Å². The van der Waals surface area contributed by atoms with E-state index in [1.54, 1.807) is 0 Å². The fourth-order valence-electron chi connectivity index (χ4n) is 0. The summed E-state index contributed by atoms with van der Waals surface area (Å²) in [7, 11) is 0. The lowest BCUT2D eigenvalue weighted by molar-refractivity contribution is -0.312. The maximum atomic E-state index is 9.25. The first-order valence-corrected chi connectivity index (χ1v) is 2.86. The van der Waals surface area contributed by atoms with Crippen molar-refractivity contribution < 1.29 is 25.2 Å². The van der Waals surface area contributed by atoms with Gasteiger partial charge in [-0.1, -0.05) is 13.5 Å². The van der Waals surface area contributed by atoms with Gasteiger partial charge in [0.05, 0.1) is 0 Å². The molecular weight excluding hydrogens is 152 g/mol. The van der Waals surface area contributed by atoms with Gasteiger partial charge in [0.25, 0.3) is 5.97 Å². The van der Waals surface area contributed by atoms with Gasteiger partial charge < -0.3 is 20.4 Å². The molecule has 0 atom stereocenters. The fraction of sp³-hybridized carbons (Fsp3) is 0.500. The Kier molecular flexibility index (Phi) is 6.77. The van der Waals surface area contributed by atoms with Gasteiger partial charge in [0.1, 0.15) is 0 Å². The molecule has 5 heteroatoms. The Labute approximate surface area is 64.2 Å². The highest BCUT2D eigenvalue weighted by Crippen LogP contribution is 1.95. The molecule has 11 heavy (non-hydrogen) atoms. The maximum Gasteiger partial charge on any atom is 0.327 e. The van der Waals surface area contributed by atoms with Crippen molar-refractivity contribution in [3.05, 3.63) is 12.7 Å². The molecule has 0 aromatic rings. The van der Waals surface area contributed by atoms with Crippen LogP contribution in [0.4, 0.5) is 0 Å². The van der Waals surface area contributed by atoms with Gasteiger partial charge in [-0.15, -0.1) is 0 Å². The number of rotatable bonds is 2. The minimum absolute atomic E-state index is 0.0625. The van der Waals surface area contributed by atoms with Gasteiger partial charge in [-0.3, -0.25) is 0 Å². The number of aliphatic carboxylic acids is 1. The van der Waals surface area contributed by atoms with E-state index in [1.165, 1.54) is 6.92 Å². The second-order valence-electron chi connectivity index (χ2n) is 1.67. The van der Waals surface area contributed by atoms with E-state index < -0.39 is 11.9 Å².